The predicted octanol–water partition coefficient (Wildman–Crippen LogP) is 3.84. The Hall–Kier alpha value is -0.560. The molecular formula is C15H24O. The van der Waals surface area contributed by atoms with Crippen molar-refractivity contribution in [1.29, 1.82) is 0 Å². The van der Waals surface area contributed by atoms with Crippen molar-refractivity contribution in [1.82, 2.24) is 0 Å². The first-order valence-corrected chi connectivity index (χ1v) is 6.50. The van der Waals surface area contributed by atoms with Gasteiger partial charge in [-0.05, 0) is 55.1 Å². The Labute approximate surface area is 99.3 Å². The van der Waals surface area contributed by atoms with Crippen LogP contribution in [-0.2, 0) is 0 Å². The van der Waals surface area contributed by atoms with E-state index in [4.69, 9.17) is 0 Å². The normalized spacial score (nSPS) is 39.1. The van der Waals surface area contributed by atoms with Crippen LogP contribution in [0, 0.1) is 11.3 Å². The van der Waals surface area contributed by atoms with Crippen molar-refractivity contribution >= 4 is 0 Å². The van der Waals surface area contributed by atoms with Gasteiger partial charge < -0.3 is 5.11 Å². The summed E-state index contributed by atoms with van der Waals surface area (Å²) in [6.07, 6.45) is 9.02. The number of allylic oxidation sites excluding steroid dienone is 3. The lowest BCUT2D eigenvalue weighted by atomic mass is 9.61. The van der Waals surface area contributed by atoms with Gasteiger partial charge in [0.05, 0.1) is 5.60 Å². The Kier molecular flexibility index (Phi) is 2.78. The van der Waals surface area contributed by atoms with Crippen LogP contribution >= 0.6 is 0 Å². The minimum absolute atomic E-state index is 0.208. The molecule has 0 saturated heterocycles. The van der Waals surface area contributed by atoms with E-state index < -0.39 is 5.60 Å². The quantitative estimate of drug-likeness (QED) is 0.712. The van der Waals surface area contributed by atoms with Crippen molar-refractivity contribution in [2.24, 2.45) is 11.3 Å². The maximum Gasteiger partial charge on any atom is 0.0837 e. The molecule has 2 rings (SSSR count). The molecule has 0 spiro atoms. The fourth-order valence-corrected chi connectivity index (χ4v) is 3.26. The summed E-state index contributed by atoms with van der Waals surface area (Å²) < 4.78 is 0. The van der Waals surface area contributed by atoms with Crippen LogP contribution in [0.3, 0.4) is 0 Å². The molecule has 0 aromatic carbocycles. The first kappa shape index (κ1) is 11.9. The van der Waals surface area contributed by atoms with Crippen molar-refractivity contribution in [3.8, 4) is 0 Å². The van der Waals surface area contributed by atoms with Crippen LogP contribution in [0.4, 0.5) is 0 Å². The number of aliphatic hydroxyl groups is 1. The highest BCUT2D eigenvalue weighted by atomic mass is 16.3. The second kappa shape index (κ2) is 3.73. The van der Waals surface area contributed by atoms with Gasteiger partial charge in [0, 0.05) is 0 Å². The van der Waals surface area contributed by atoms with Gasteiger partial charge >= 0.3 is 0 Å². The zero-order chi connectivity index (χ0) is 12.0. The fraction of sp³-hybridized carbons (Fsp3) is 0.733. The first-order valence-electron chi connectivity index (χ1n) is 6.50. The molecule has 90 valence electrons. The number of hydrogen-bond donors (Lipinski definition) is 1. The molecule has 1 N–H and O–H groups in total. The van der Waals surface area contributed by atoms with Gasteiger partial charge in [-0.15, -0.1) is 0 Å². The van der Waals surface area contributed by atoms with Gasteiger partial charge in [-0.25, -0.2) is 0 Å². The van der Waals surface area contributed by atoms with Gasteiger partial charge in [0.25, 0.3) is 0 Å². The maximum atomic E-state index is 10.5. The largest absolute Gasteiger partial charge is 0.386 e. The number of hydrogen-bond acceptors (Lipinski definition) is 1. The zero-order valence-corrected chi connectivity index (χ0v) is 11.0. The molecule has 1 saturated carbocycles. The highest BCUT2D eigenvalue weighted by Crippen LogP contribution is 2.51. The molecule has 1 fully saturated rings. The van der Waals surface area contributed by atoms with E-state index in [0.29, 0.717) is 5.92 Å². The summed E-state index contributed by atoms with van der Waals surface area (Å²) in [7, 11) is 0. The Morgan fingerprint density at radius 3 is 2.56 bits per heavy atom. The molecule has 2 unspecified atom stereocenters. The van der Waals surface area contributed by atoms with Gasteiger partial charge in [0.1, 0.15) is 0 Å². The summed E-state index contributed by atoms with van der Waals surface area (Å²) in [5.41, 5.74) is 2.30. The van der Waals surface area contributed by atoms with Crippen LogP contribution in [0.2, 0.25) is 0 Å². The highest BCUT2D eigenvalue weighted by Gasteiger charge is 2.43. The van der Waals surface area contributed by atoms with Crippen LogP contribution in [0.15, 0.2) is 23.3 Å². The fourth-order valence-electron chi connectivity index (χ4n) is 3.26. The van der Waals surface area contributed by atoms with Crippen LogP contribution in [0.25, 0.3) is 0 Å². The maximum absolute atomic E-state index is 10.5. The molecule has 0 amide bonds. The van der Waals surface area contributed by atoms with E-state index in [2.05, 4.69) is 32.9 Å². The van der Waals surface area contributed by atoms with E-state index in [0.717, 1.165) is 19.3 Å². The van der Waals surface area contributed by atoms with E-state index >= 15 is 0 Å². The van der Waals surface area contributed by atoms with Crippen molar-refractivity contribution in [2.45, 2.75) is 59.0 Å². The molecule has 0 radical (unpaired) electrons. The second-order valence-electron chi connectivity index (χ2n) is 6.31. The molecule has 2 aliphatic carbocycles. The molecule has 2 aliphatic rings. The Morgan fingerprint density at radius 2 is 1.94 bits per heavy atom. The molecule has 0 heterocycles. The Bertz CT molecular complexity index is 346. The molecule has 0 aliphatic heterocycles. The molecule has 1 heteroatoms. The smallest absolute Gasteiger partial charge is 0.0837 e. The standard InChI is InChI=1S/C15H24O/c1-11(2)12-6-9-14(3)7-5-8-15(4,16)13(14)10-12/h6,10-11,16H,5,7-9H2,1-4H3. The minimum Gasteiger partial charge on any atom is -0.386 e. The molecule has 0 aromatic heterocycles. The van der Waals surface area contributed by atoms with Gasteiger partial charge in [-0.2, -0.15) is 0 Å². The van der Waals surface area contributed by atoms with Crippen LogP contribution in [-0.4, -0.2) is 10.7 Å². The van der Waals surface area contributed by atoms with E-state index in [1.807, 2.05) is 6.92 Å². The molecule has 1 nitrogen and oxygen atoms in total. The molecule has 0 aromatic rings. The highest BCUT2D eigenvalue weighted by molar-refractivity contribution is 5.39. The summed E-state index contributed by atoms with van der Waals surface area (Å²) in [6, 6.07) is 0. The third-order valence-electron chi connectivity index (χ3n) is 4.39. The van der Waals surface area contributed by atoms with Gasteiger partial charge in [0.2, 0.25) is 0 Å². The van der Waals surface area contributed by atoms with E-state index in [1.165, 1.54) is 17.6 Å². The minimum atomic E-state index is -0.582. The van der Waals surface area contributed by atoms with Crippen LogP contribution < -0.4 is 0 Å². The van der Waals surface area contributed by atoms with E-state index in [1.54, 1.807) is 0 Å². The first-order chi connectivity index (χ1) is 7.35. The number of fused-ring (bicyclic) bond motifs is 1. The third kappa shape index (κ3) is 1.86. The lowest BCUT2D eigenvalue weighted by Gasteiger charge is -2.46. The molecule has 2 atom stereocenters. The van der Waals surface area contributed by atoms with Gasteiger partial charge in [-0.3, -0.25) is 0 Å². The lowest BCUT2D eigenvalue weighted by Crippen LogP contribution is -2.42. The molecular weight excluding hydrogens is 196 g/mol. The van der Waals surface area contributed by atoms with Gasteiger partial charge in [0.15, 0.2) is 0 Å². The summed E-state index contributed by atoms with van der Waals surface area (Å²) in [5, 5.41) is 10.5. The van der Waals surface area contributed by atoms with Crippen molar-refractivity contribution in [3.05, 3.63) is 23.3 Å². The predicted molar refractivity (Wildman–Crippen MR) is 68.2 cm³/mol. The summed E-state index contributed by atoms with van der Waals surface area (Å²) in [4.78, 5) is 0. The summed E-state index contributed by atoms with van der Waals surface area (Å²) in [6.45, 7) is 8.74. The van der Waals surface area contributed by atoms with Crippen LogP contribution in [0.5, 0.6) is 0 Å². The monoisotopic (exact) mass is 220 g/mol. The van der Waals surface area contributed by atoms with Crippen molar-refractivity contribution < 1.29 is 5.11 Å². The van der Waals surface area contributed by atoms with Crippen molar-refractivity contribution in [2.75, 3.05) is 0 Å². The SMILES string of the molecule is CC(C)C1=CCC2(C)CCCC(C)(O)C2=C1. The number of rotatable bonds is 1. The Morgan fingerprint density at radius 1 is 1.25 bits per heavy atom. The van der Waals surface area contributed by atoms with Gasteiger partial charge in [-0.1, -0.05) is 32.9 Å². The average Bonchev–Trinajstić information content (AvgIpc) is 2.15. The summed E-state index contributed by atoms with van der Waals surface area (Å²) >= 11 is 0. The summed E-state index contributed by atoms with van der Waals surface area (Å²) in [5.74, 6) is 0.565. The Balaban J connectivity index is 2.40. The molecule has 16 heavy (non-hydrogen) atoms. The van der Waals surface area contributed by atoms with Crippen LogP contribution in [0.1, 0.15) is 53.4 Å². The van der Waals surface area contributed by atoms with E-state index in [-0.39, 0.29) is 5.41 Å². The molecule has 0 bridgehead atoms. The topological polar surface area (TPSA) is 20.2 Å². The van der Waals surface area contributed by atoms with Crippen molar-refractivity contribution in [3.63, 3.8) is 0 Å². The third-order valence-corrected chi connectivity index (χ3v) is 4.39. The average molecular weight is 220 g/mol. The second-order valence-corrected chi connectivity index (χ2v) is 6.31. The zero-order valence-electron chi connectivity index (χ0n) is 11.0. The lowest BCUT2D eigenvalue weighted by molar-refractivity contribution is 0.0345. The van der Waals surface area contributed by atoms with E-state index in [9.17, 15) is 5.11 Å².